The van der Waals surface area contributed by atoms with E-state index in [1.165, 1.54) is 6.08 Å². The summed E-state index contributed by atoms with van der Waals surface area (Å²) >= 11 is 0. The summed E-state index contributed by atoms with van der Waals surface area (Å²) in [7, 11) is 0. The Hall–Kier alpha value is -1.56. The van der Waals surface area contributed by atoms with Gasteiger partial charge >= 0.3 is 5.97 Å². The molecule has 0 saturated heterocycles. The zero-order chi connectivity index (χ0) is 10.3. The minimum atomic E-state index is -0.587. The van der Waals surface area contributed by atoms with Crippen molar-refractivity contribution in [1.82, 2.24) is 0 Å². The van der Waals surface area contributed by atoms with Crippen molar-refractivity contribution >= 4 is 5.97 Å². The van der Waals surface area contributed by atoms with Crippen molar-refractivity contribution in [2.24, 2.45) is 5.92 Å². The van der Waals surface area contributed by atoms with Crippen LogP contribution >= 0.6 is 0 Å². The van der Waals surface area contributed by atoms with Crippen LogP contribution in [0.5, 0.6) is 0 Å². The topological polar surface area (TPSA) is 50.1 Å². The first-order valence-electron chi connectivity index (χ1n) is 4.01. The molecular formula is C10H13NO2. The Balaban J connectivity index is 4.34. The monoisotopic (exact) mass is 179 g/mol. The number of hydrogen-bond acceptors (Lipinski definition) is 3. The zero-order valence-electron chi connectivity index (χ0n) is 7.91. The number of carbonyl (C=O) groups excluding carboxylic acids is 1. The van der Waals surface area contributed by atoms with Crippen LogP contribution < -0.4 is 0 Å². The Bertz CT molecular complexity index is 259. The van der Waals surface area contributed by atoms with E-state index < -0.39 is 5.97 Å². The first-order chi connectivity index (χ1) is 6.11. The average Bonchev–Trinajstić information content (AvgIpc) is 2.09. The SMILES string of the molecule is C=CCOC(=O)C(C#N)=CC(C)C. The molecule has 0 aliphatic carbocycles. The maximum absolute atomic E-state index is 11.1. The van der Waals surface area contributed by atoms with Gasteiger partial charge in [-0.1, -0.05) is 32.6 Å². The van der Waals surface area contributed by atoms with Gasteiger partial charge < -0.3 is 4.74 Å². The lowest BCUT2D eigenvalue weighted by molar-refractivity contribution is -0.137. The molecule has 0 aliphatic heterocycles. The molecule has 3 heteroatoms. The zero-order valence-corrected chi connectivity index (χ0v) is 7.91. The Morgan fingerprint density at radius 3 is 2.69 bits per heavy atom. The van der Waals surface area contributed by atoms with Gasteiger partial charge in [0.25, 0.3) is 0 Å². The van der Waals surface area contributed by atoms with E-state index in [1.54, 1.807) is 12.1 Å². The molecular weight excluding hydrogens is 166 g/mol. The van der Waals surface area contributed by atoms with Gasteiger partial charge in [-0.3, -0.25) is 0 Å². The first-order valence-corrected chi connectivity index (χ1v) is 4.01. The van der Waals surface area contributed by atoms with E-state index in [-0.39, 0.29) is 18.1 Å². The second kappa shape index (κ2) is 6.01. The molecule has 0 aromatic carbocycles. The summed E-state index contributed by atoms with van der Waals surface area (Å²) in [6.07, 6.45) is 3.04. The lowest BCUT2D eigenvalue weighted by Gasteiger charge is -2.00. The molecule has 0 radical (unpaired) electrons. The van der Waals surface area contributed by atoms with Crippen LogP contribution in [0, 0.1) is 17.2 Å². The molecule has 0 unspecified atom stereocenters. The fourth-order valence-electron chi connectivity index (χ4n) is 0.697. The predicted octanol–water partition coefficient (Wildman–Crippen LogP) is 1.82. The number of allylic oxidation sites excluding steroid dienone is 1. The van der Waals surface area contributed by atoms with Crippen molar-refractivity contribution in [3.05, 3.63) is 24.3 Å². The van der Waals surface area contributed by atoms with Gasteiger partial charge in [-0.2, -0.15) is 5.26 Å². The Kier molecular flexibility index (Phi) is 5.29. The first kappa shape index (κ1) is 11.4. The van der Waals surface area contributed by atoms with Crippen LogP contribution in [0.1, 0.15) is 13.8 Å². The number of ether oxygens (including phenoxy) is 1. The highest BCUT2D eigenvalue weighted by Crippen LogP contribution is 2.03. The van der Waals surface area contributed by atoms with Crippen LogP contribution in [0.3, 0.4) is 0 Å². The molecule has 0 aromatic heterocycles. The van der Waals surface area contributed by atoms with Crippen molar-refractivity contribution in [3.8, 4) is 6.07 Å². The molecule has 0 aromatic rings. The van der Waals surface area contributed by atoms with Gasteiger partial charge in [0.05, 0.1) is 0 Å². The molecule has 0 fully saturated rings. The molecule has 0 rings (SSSR count). The highest BCUT2D eigenvalue weighted by molar-refractivity contribution is 5.92. The number of hydrogen-bond donors (Lipinski definition) is 0. The van der Waals surface area contributed by atoms with Crippen LogP contribution in [0.2, 0.25) is 0 Å². The maximum atomic E-state index is 11.1. The summed E-state index contributed by atoms with van der Waals surface area (Å²) in [4.78, 5) is 11.1. The van der Waals surface area contributed by atoms with Crippen LogP contribution in [-0.4, -0.2) is 12.6 Å². The average molecular weight is 179 g/mol. The van der Waals surface area contributed by atoms with E-state index >= 15 is 0 Å². The summed E-state index contributed by atoms with van der Waals surface area (Å²) in [5, 5.41) is 8.60. The van der Waals surface area contributed by atoms with E-state index in [2.05, 4.69) is 6.58 Å². The summed E-state index contributed by atoms with van der Waals surface area (Å²) in [5.41, 5.74) is 0.0526. The lowest BCUT2D eigenvalue weighted by Crippen LogP contribution is -2.07. The van der Waals surface area contributed by atoms with Crippen LogP contribution in [0.25, 0.3) is 0 Å². The molecule has 0 aliphatic rings. The van der Waals surface area contributed by atoms with Crippen molar-refractivity contribution < 1.29 is 9.53 Å². The summed E-state index contributed by atoms with van der Waals surface area (Å²) in [6.45, 7) is 7.31. The quantitative estimate of drug-likeness (QED) is 0.286. The molecule has 0 amide bonds. The number of esters is 1. The normalized spacial score (nSPS) is 10.8. The third-order valence-corrected chi connectivity index (χ3v) is 1.17. The molecule has 13 heavy (non-hydrogen) atoms. The van der Waals surface area contributed by atoms with Gasteiger partial charge in [0.2, 0.25) is 0 Å². The van der Waals surface area contributed by atoms with Crippen molar-refractivity contribution in [1.29, 1.82) is 5.26 Å². The molecule has 3 nitrogen and oxygen atoms in total. The minimum Gasteiger partial charge on any atom is -0.457 e. The third-order valence-electron chi connectivity index (χ3n) is 1.17. The fourth-order valence-corrected chi connectivity index (χ4v) is 0.697. The van der Waals surface area contributed by atoms with E-state index in [1.807, 2.05) is 13.8 Å². The summed E-state index contributed by atoms with van der Waals surface area (Å²) in [6, 6.07) is 1.79. The van der Waals surface area contributed by atoms with Gasteiger partial charge in [-0.15, -0.1) is 0 Å². The van der Waals surface area contributed by atoms with Gasteiger partial charge in [0.15, 0.2) is 0 Å². The minimum absolute atomic E-state index is 0.0526. The summed E-state index contributed by atoms with van der Waals surface area (Å²) in [5.74, 6) is -0.429. The third kappa shape index (κ3) is 4.81. The largest absolute Gasteiger partial charge is 0.457 e. The van der Waals surface area contributed by atoms with E-state index in [0.717, 1.165) is 0 Å². The summed E-state index contributed by atoms with van der Waals surface area (Å²) < 4.78 is 4.70. The van der Waals surface area contributed by atoms with Crippen LogP contribution in [0.4, 0.5) is 0 Å². The predicted molar refractivity (Wildman–Crippen MR) is 49.7 cm³/mol. The second-order valence-corrected chi connectivity index (χ2v) is 2.82. The van der Waals surface area contributed by atoms with Crippen molar-refractivity contribution in [2.75, 3.05) is 6.61 Å². The molecule has 0 N–H and O–H groups in total. The highest BCUT2D eigenvalue weighted by Gasteiger charge is 2.09. The molecule has 0 atom stereocenters. The van der Waals surface area contributed by atoms with Crippen LogP contribution in [-0.2, 0) is 9.53 Å². The van der Waals surface area contributed by atoms with Gasteiger partial charge in [-0.05, 0) is 5.92 Å². The Morgan fingerprint density at radius 1 is 1.69 bits per heavy atom. The fraction of sp³-hybridized carbons (Fsp3) is 0.400. The van der Waals surface area contributed by atoms with Crippen molar-refractivity contribution in [2.45, 2.75) is 13.8 Å². The van der Waals surface area contributed by atoms with Crippen LogP contribution in [0.15, 0.2) is 24.3 Å². The van der Waals surface area contributed by atoms with E-state index in [0.29, 0.717) is 0 Å². The van der Waals surface area contributed by atoms with Gasteiger partial charge in [0.1, 0.15) is 18.2 Å². The van der Waals surface area contributed by atoms with Crippen molar-refractivity contribution in [3.63, 3.8) is 0 Å². The molecule has 0 saturated carbocycles. The van der Waals surface area contributed by atoms with E-state index in [9.17, 15) is 4.79 Å². The highest BCUT2D eigenvalue weighted by atomic mass is 16.5. The lowest BCUT2D eigenvalue weighted by atomic mass is 10.1. The Morgan fingerprint density at radius 2 is 2.31 bits per heavy atom. The molecule has 0 bridgehead atoms. The number of nitrogens with zero attached hydrogens (tertiary/aromatic N) is 1. The number of rotatable bonds is 4. The Labute approximate surface area is 78.3 Å². The molecule has 0 heterocycles. The molecule has 70 valence electrons. The molecule has 0 spiro atoms. The maximum Gasteiger partial charge on any atom is 0.348 e. The van der Waals surface area contributed by atoms with Gasteiger partial charge in [0, 0.05) is 0 Å². The van der Waals surface area contributed by atoms with Gasteiger partial charge in [-0.25, -0.2) is 4.79 Å². The number of carbonyl (C=O) groups is 1. The number of nitriles is 1. The smallest absolute Gasteiger partial charge is 0.348 e. The second-order valence-electron chi connectivity index (χ2n) is 2.82. The van der Waals surface area contributed by atoms with E-state index in [4.69, 9.17) is 10.00 Å². The standard InChI is InChI=1S/C10H13NO2/c1-4-5-13-10(12)9(7-11)6-8(2)3/h4,6,8H,1,5H2,2-3H3.